The molecule has 1 amide bonds. The lowest BCUT2D eigenvalue weighted by molar-refractivity contribution is -0.116. The van der Waals surface area contributed by atoms with Gasteiger partial charge in [-0.3, -0.25) is 4.79 Å². The molecule has 0 spiro atoms. The monoisotopic (exact) mass is 278 g/mol. The van der Waals surface area contributed by atoms with Crippen LogP contribution < -0.4 is 10.6 Å². The molecule has 0 bridgehead atoms. The van der Waals surface area contributed by atoms with Crippen LogP contribution >= 0.6 is 11.8 Å². The zero-order chi connectivity index (χ0) is 13.5. The minimum absolute atomic E-state index is 0.241. The summed E-state index contributed by atoms with van der Waals surface area (Å²) in [7, 11) is 0. The fraction of sp³-hybridized carbons (Fsp3) is 0.533. The number of nitrogens with two attached hydrogens (primary N) is 1. The summed E-state index contributed by atoms with van der Waals surface area (Å²) < 4.78 is 0. The summed E-state index contributed by atoms with van der Waals surface area (Å²) in [4.78, 5) is 14.2. The third-order valence-electron chi connectivity index (χ3n) is 3.38. The maximum atomic E-state index is 12.3. The fourth-order valence-electron chi connectivity index (χ4n) is 2.38. The highest BCUT2D eigenvalue weighted by Crippen LogP contribution is 2.27. The van der Waals surface area contributed by atoms with Gasteiger partial charge in [0.1, 0.15) is 0 Å². The molecule has 0 saturated heterocycles. The molecule has 3 nitrogen and oxygen atoms in total. The number of hydrogen-bond acceptors (Lipinski definition) is 3. The number of benzene rings is 1. The third kappa shape index (κ3) is 3.98. The highest BCUT2D eigenvalue weighted by molar-refractivity contribution is 7.99. The molecule has 0 radical (unpaired) electrons. The van der Waals surface area contributed by atoms with Gasteiger partial charge in [-0.2, -0.15) is 11.8 Å². The van der Waals surface area contributed by atoms with Crippen LogP contribution in [0.25, 0.3) is 0 Å². The van der Waals surface area contributed by atoms with Gasteiger partial charge in [0.05, 0.1) is 5.75 Å². The second-order valence-corrected chi connectivity index (χ2v) is 5.93. The van der Waals surface area contributed by atoms with Crippen molar-refractivity contribution in [2.24, 2.45) is 5.73 Å². The predicted molar refractivity (Wildman–Crippen MR) is 82.7 cm³/mol. The number of thioether (sulfide) groups is 1. The van der Waals surface area contributed by atoms with E-state index in [0.717, 1.165) is 50.2 Å². The average molecular weight is 278 g/mol. The largest absolute Gasteiger partial charge is 0.330 e. The van der Waals surface area contributed by atoms with Crippen LogP contribution in [0, 0.1) is 0 Å². The molecule has 19 heavy (non-hydrogen) atoms. The Bertz CT molecular complexity index is 422. The highest BCUT2D eigenvalue weighted by atomic mass is 32.2. The van der Waals surface area contributed by atoms with E-state index in [0.29, 0.717) is 5.75 Å². The maximum absolute atomic E-state index is 12.3. The zero-order valence-electron chi connectivity index (χ0n) is 11.3. The molecule has 2 N–H and O–H groups in total. The maximum Gasteiger partial charge on any atom is 0.236 e. The van der Waals surface area contributed by atoms with Gasteiger partial charge in [0.2, 0.25) is 5.91 Å². The number of fused-ring (bicyclic) bond motifs is 1. The van der Waals surface area contributed by atoms with Crippen molar-refractivity contribution in [2.75, 3.05) is 29.5 Å². The van der Waals surface area contributed by atoms with Crippen LogP contribution in [0.3, 0.4) is 0 Å². The van der Waals surface area contributed by atoms with Gasteiger partial charge in [0.15, 0.2) is 0 Å². The highest BCUT2D eigenvalue weighted by Gasteiger charge is 2.21. The Kier molecular flexibility index (Phi) is 5.73. The summed E-state index contributed by atoms with van der Waals surface area (Å²) in [5.41, 5.74) is 7.87. The topological polar surface area (TPSA) is 46.3 Å². The van der Waals surface area contributed by atoms with Crippen LogP contribution in [0.2, 0.25) is 0 Å². The van der Waals surface area contributed by atoms with E-state index in [-0.39, 0.29) is 5.91 Å². The Balaban J connectivity index is 1.86. The molecule has 2 rings (SSSR count). The zero-order valence-corrected chi connectivity index (χ0v) is 12.1. The quantitative estimate of drug-likeness (QED) is 0.813. The van der Waals surface area contributed by atoms with Crippen LogP contribution in [-0.4, -0.2) is 30.5 Å². The average Bonchev–Trinajstić information content (AvgIpc) is 2.46. The first-order valence-corrected chi connectivity index (χ1v) is 8.14. The van der Waals surface area contributed by atoms with Crippen molar-refractivity contribution in [3.8, 4) is 0 Å². The standard InChI is InChI=1S/C15H22N2OS/c16-9-3-4-11-19-12-15(18)17-10-5-7-13-6-1-2-8-14(13)17/h1-2,6,8H,3-5,7,9-12,16H2. The molecule has 1 aromatic carbocycles. The van der Waals surface area contributed by atoms with Gasteiger partial charge in [-0.15, -0.1) is 0 Å². The smallest absolute Gasteiger partial charge is 0.236 e. The second-order valence-electron chi connectivity index (χ2n) is 4.83. The van der Waals surface area contributed by atoms with Gasteiger partial charge in [-0.1, -0.05) is 18.2 Å². The normalized spacial score (nSPS) is 14.3. The molecule has 0 aliphatic carbocycles. The minimum atomic E-state index is 0.241. The summed E-state index contributed by atoms with van der Waals surface area (Å²) in [6, 6.07) is 8.25. The lowest BCUT2D eigenvalue weighted by Gasteiger charge is -2.29. The summed E-state index contributed by atoms with van der Waals surface area (Å²) >= 11 is 1.72. The van der Waals surface area contributed by atoms with Crippen molar-refractivity contribution >= 4 is 23.4 Å². The van der Waals surface area contributed by atoms with Crippen molar-refractivity contribution in [3.05, 3.63) is 29.8 Å². The van der Waals surface area contributed by atoms with Crippen LogP contribution in [-0.2, 0) is 11.2 Å². The Hall–Kier alpha value is -1.00. The predicted octanol–water partition coefficient (Wildman–Crippen LogP) is 2.44. The number of carbonyl (C=O) groups excluding carboxylic acids is 1. The van der Waals surface area contributed by atoms with Gasteiger partial charge in [-0.25, -0.2) is 0 Å². The third-order valence-corrected chi connectivity index (χ3v) is 4.41. The Morgan fingerprint density at radius 2 is 2.16 bits per heavy atom. The molecular weight excluding hydrogens is 256 g/mol. The molecule has 104 valence electrons. The lowest BCUT2D eigenvalue weighted by Crippen LogP contribution is -2.36. The van der Waals surface area contributed by atoms with E-state index in [2.05, 4.69) is 12.1 Å². The number of para-hydroxylation sites is 1. The number of unbranched alkanes of at least 4 members (excludes halogenated alkanes) is 1. The van der Waals surface area contributed by atoms with Gasteiger partial charge in [0, 0.05) is 12.2 Å². The fourth-order valence-corrected chi connectivity index (χ4v) is 3.26. The molecule has 0 atom stereocenters. The van der Waals surface area contributed by atoms with Gasteiger partial charge in [0.25, 0.3) is 0 Å². The van der Waals surface area contributed by atoms with Crippen LogP contribution in [0.1, 0.15) is 24.8 Å². The number of anilines is 1. The van der Waals surface area contributed by atoms with Crippen molar-refractivity contribution in [1.82, 2.24) is 0 Å². The molecule has 0 saturated carbocycles. The van der Waals surface area contributed by atoms with Crippen molar-refractivity contribution in [2.45, 2.75) is 25.7 Å². The number of hydrogen-bond donors (Lipinski definition) is 1. The van der Waals surface area contributed by atoms with E-state index in [1.807, 2.05) is 17.0 Å². The molecule has 0 fully saturated rings. The van der Waals surface area contributed by atoms with Gasteiger partial charge in [-0.05, 0) is 49.6 Å². The van der Waals surface area contributed by atoms with E-state index in [1.165, 1.54) is 5.56 Å². The van der Waals surface area contributed by atoms with Crippen molar-refractivity contribution in [3.63, 3.8) is 0 Å². The van der Waals surface area contributed by atoms with E-state index in [4.69, 9.17) is 5.73 Å². The molecule has 1 aliphatic heterocycles. The minimum Gasteiger partial charge on any atom is -0.330 e. The van der Waals surface area contributed by atoms with E-state index < -0.39 is 0 Å². The lowest BCUT2D eigenvalue weighted by atomic mass is 10.0. The molecular formula is C15H22N2OS. The molecule has 1 aliphatic rings. The Labute approximate surface area is 119 Å². The number of carbonyl (C=O) groups is 1. The molecule has 0 unspecified atom stereocenters. The summed E-state index contributed by atoms with van der Waals surface area (Å²) in [6.07, 6.45) is 4.31. The van der Waals surface area contributed by atoms with E-state index in [1.54, 1.807) is 11.8 Å². The number of amides is 1. The number of rotatable bonds is 6. The van der Waals surface area contributed by atoms with Crippen LogP contribution in [0.15, 0.2) is 24.3 Å². The SMILES string of the molecule is NCCCCSCC(=O)N1CCCc2ccccc21. The number of nitrogens with zero attached hydrogens (tertiary/aromatic N) is 1. The first-order chi connectivity index (χ1) is 9.33. The first kappa shape index (κ1) is 14.4. The van der Waals surface area contributed by atoms with Crippen LogP contribution in [0.4, 0.5) is 5.69 Å². The second kappa shape index (κ2) is 7.56. The molecule has 4 heteroatoms. The van der Waals surface area contributed by atoms with Crippen molar-refractivity contribution in [1.29, 1.82) is 0 Å². The molecule has 1 heterocycles. The first-order valence-electron chi connectivity index (χ1n) is 6.99. The van der Waals surface area contributed by atoms with Gasteiger partial charge < -0.3 is 10.6 Å². The van der Waals surface area contributed by atoms with Crippen LogP contribution in [0.5, 0.6) is 0 Å². The summed E-state index contributed by atoms with van der Waals surface area (Å²) in [5, 5.41) is 0. The summed E-state index contributed by atoms with van der Waals surface area (Å²) in [5.74, 6) is 1.85. The summed E-state index contributed by atoms with van der Waals surface area (Å²) in [6.45, 7) is 1.60. The Morgan fingerprint density at radius 1 is 1.32 bits per heavy atom. The molecule has 0 aromatic heterocycles. The van der Waals surface area contributed by atoms with E-state index in [9.17, 15) is 4.79 Å². The van der Waals surface area contributed by atoms with Crippen molar-refractivity contribution < 1.29 is 4.79 Å². The number of aryl methyl sites for hydroxylation is 1. The Morgan fingerprint density at radius 3 is 3.00 bits per heavy atom. The molecule has 1 aromatic rings. The van der Waals surface area contributed by atoms with Gasteiger partial charge >= 0.3 is 0 Å². The van der Waals surface area contributed by atoms with E-state index >= 15 is 0 Å².